The Labute approximate surface area is 140 Å². The zero-order chi connectivity index (χ0) is 16.8. The molecule has 1 aromatic heterocycles. The van der Waals surface area contributed by atoms with E-state index in [1.807, 2.05) is 17.5 Å². The molecule has 0 spiro atoms. The lowest BCUT2D eigenvalue weighted by Gasteiger charge is -2.11. The number of hydrogen-bond donors (Lipinski definition) is 3. The van der Waals surface area contributed by atoms with Crippen LogP contribution >= 0.6 is 11.3 Å². The van der Waals surface area contributed by atoms with Gasteiger partial charge < -0.3 is 15.8 Å². The number of aromatic nitrogens is 1. The molecule has 23 heavy (non-hydrogen) atoms. The third kappa shape index (κ3) is 4.94. The van der Waals surface area contributed by atoms with Gasteiger partial charge in [-0.25, -0.2) is 9.78 Å². The Kier molecular flexibility index (Phi) is 5.95. The van der Waals surface area contributed by atoms with Crippen molar-refractivity contribution >= 4 is 28.2 Å². The van der Waals surface area contributed by atoms with E-state index < -0.39 is 0 Å². The van der Waals surface area contributed by atoms with Gasteiger partial charge in [0.1, 0.15) is 5.75 Å². The van der Waals surface area contributed by atoms with Gasteiger partial charge in [0.15, 0.2) is 5.13 Å². The number of hydrogen-bond acceptors (Lipinski definition) is 5. The van der Waals surface area contributed by atoms with E-state index in [0.717, 1.165) is 12.1 Å². The fourth-order valence-corrected chi connectivity index (χ4v) is 2.91. The molecule has 124 valence electrons. The number of benzene rings is 1. The van der Waals surface area contributed by atoms with Gasteiger partial charge >= 0.3 is 6.03 Å². The molecule has 0 bridgehead atoms. The van der Waals surface area contributed by atoms with Crippen molar-refractivity contribution in [3.8, 4) is 5.75 Å². The molecular weight excluding hydrogens is 312 g/mol. The number of carbonyl (C=O) groups excluding carboxylic acids is 1. The summed E-state index contributed by atoms with van der Waals surface area (Å²) in [6.45, 7) is 4.23. The van der Waals surface area contributed by atoms with Crippen LogP contribution in [0.5, 0.6) is 5.75 Å². The van der Waals surface area contributed by atoms with Crippen molar-refractivity contribution in [3.63, 3.8) is 0 Å². The first-order valence-corrected chi connectivity index (χ1v) is 8.29. The summed E-state index contributed by atoms with van der Waals surface area (Å²) >= 11 is 1.36. The summed E-state index contributed by atoms with van der Waals surface area (Å²) in [5, 5.41) is 7.86. The Hall–Kier alpha value is -2.12. The molecule has 1 atom stereocenters. The van der Waals surface area contributed by atoms with Gasteiger partial charge in [-0.2, -0.15) is 0 Å². The quantitative estimate of drug-likeness (QED) is 0.748. The molecule has 4 N–H and O–H groups in total. The number of urea groups is 1. The Morgan fingerprint density at radius 3 is 2.78 bits per heavy atom. The van der Waals surface area contributed by atoms with Crippen LogP contribution in [0, 0.1) is 5.92 Å². The Bertz CT molecular complexity index is 657. The SMILES string of the molecule is COc1ccccc1NC(=O)Nc1nc(C(N)CC(C)C)cs1. The fraction of sp³-hybridized carbons (Fsp3) is 0.375. The molecule has 0 aliphatic heterocycles. The monoisotopic (exact) mass is 334 g/mol. The second-order valence-corrected chi connectivity index (χ2v) is 6.45. The van der Waals surface area contributed by atoms with Crippen LogP contribution < -0.4 is 21.1 Å². The molecular formula is C16H22N4O2S. The predicted octanol–water partition coefficient (Wildman–Crippen LogP) is 3.84. The number of amides is 2. The highest BCUT2D eigenvalue weighted by molar-refractivity contribution is 7.13. The number of para-hydroxylation sites is 2. The maximum absolute atomic E-state index is 12.1. The van der Waals surface area contributed by atoms with Crippen LogP contribution in [0.1, 0.15) is 32.0 Å². The highest BCUT2D eigenvalue weighted by Crippen LogP contribution is 2.25. The number of nitrogens with zero attached hydrogens (tertiary/aromatic N) is 1. The van der Waals surface area contributed by atoms with E-state index >= 15 is 0 Å². The molecule has 1 unspecified atom stereocenters. The van der Waals surface area contributed by atoms with Crippen LogP contribution in [0.4, 0.5) is 15.6 Å². The Morgan fingerprint density at radius 1 is 1.35 bits per heavy atom. The zero-order valence-corrected chi connectivity index (χ0v) is 14.3. The molecule has 2 rings (SSSR count). The molecule has 0 radical (unpaired) electrons. The molecule has 0 fully saturated rings. The minimum atomic E-state index is -0.368. The second kappa shape index (κ2) is 7.94. The van der Waals surface area contributed by atoms with E-state index in [2.05, 4.69) is 29.5 Å². The largest absolute Gasteiger partial charge is 0.495 e. The number of nitrogens with two attached hydrogens (primary N) is 1. The van der Waals surface area contributed by atoms with Gasteiger partial charge in [0, 0.05) is 11.4 Å². The second-order valence-electron chi connectivity index (χ2n) is 5.59. The third-order valence-electron chi connectivity index (χ3n) is 3.20. The van der Waals surface area contributed by atoms with Crippen molar-refractivity contribution in [1.82, 2.24) is 4.98 Å². The zero-order valence-electron chi connectivity index (χ0n) is 13.5. The molecule has 1 heterocycles. The van der Waals surface area contributed by atoms with Crippen LogP contribution in [-0.2, 0) is 0 Å². The minimum Gasteiger partial charge on any atom is -0.495 e. The van der Waals surface area contributed by atoms with Crippen molar-refractivity contribution in [3.05, 3.63) is 35.3 Å². The average Bonchev–Trinajstić information content (AvgIpc) is 2.95. The number of thiazole rings is 1. The van der Waals surface area contributed by atoms with Gasteiger partial charge in [0.25, 0.3) is 0 Å². The normalized spacial score (nSPS) is 12.0. The Balaban J connectivity index is 1.97. The first kappa shape index (κ1) is 17.2. The van der Waals surface area contributed by atoms with Crippen LogP contribution in [0.3, 0.4) is 0 Å². The lowest BCUT2D eigenvalue weighted by molar-refractivity contribution is 0.262. The molecule has 7 heteroatoms. The van der Waals surface area contributed by atoms with E-state index in [1.54, 1.807) is 19.2 Å². The summed E-state index contributed by atoms with van der Waals surface area (Å²) < 4.78 is 5.20. The van der Waals surface area contributed by atoms with Gasteiger partial charge in [0.05, 0.1) is 18.5 Å². The molecule has 2 aromatic rings. The van der Waals surface area contributed by atoms with Crippen LogP contribution in [0.15, 0.2) is 29.6 Å². The number of carbonyl (C=O) groups is 1. The van der Waals surface area contributed by atoms with Crippen molar-refractivity contribution in [2.45, 2.75) is 26.3 Å². The topological polar surface area (TPSA) is 89.3 Å². The summed E-state index contributed by atoms with van der Waals surface area (Å²) in [5.74, 6) is 1.10. The molecule has 0 aliphatic rings. The summed E-state index contributed by atoms with van der Waals surface area (Å²) in [7, 11) is 1.56. The van der Waals surface area contributed by atoms with E-state index in [0.29, 0.717) is 22.5 Å². The molecule has 0 aliphatic carbocycles. The third-order valence-corrected chi connectivity index (χ3v) is 3.98. The van der Waals surface area contributed by atoms with E-state index in [-0.39, 0.29) is 12.1 Å². The first-order valence-electron chi connectivity index (χ1n) is 7.41. The van der Waals surface area contributed by atoms with Crippen LogP contribution in [0.2, 0.25) is 0 Å². The van der Waals surface area contributed by atoms with Gasteiger partial charge in [0.2, 0.25) is 0 Å². The van der Waals surface area contributed by atoms with E-state index in [4.69, 9.17) is 10.5 Å². The highest BCUT2D eigenvalue weighted by atomic mass is 32.1. The predicted molar refractivity (Wildman–Crippen MR) is 94.1 cm³/mol. The lowest BCUT2D eigenvalue weighted by atomic mass is 10.0. The maximum Gasteiger partial charge on any atom is 0.325 e. The summed E-state index contributed by atoms with van der Waals surface area (Å²) in [6.07, 6.45) is 0.858. The standard InChI is InChI=1S/C16H22N4O2S/c1-10(2)8-11(17)13-9-23-16(19-13)20-15(21)18-12-6-4-5-7-14(12)22-3/h4-7,9-11H,8,17H2,1-3H3,(H2,18,19,20,21). The Morgan fingerprint density at radius 2 is 2.09 bits per heavy atom. The summed E-state index contributed by atoms with van der Waals surface area (Å²) in [6, 6.07) is 6.73. The van der Waals surface area contributed by atoms with E-state index in [1.165, 1.54) is 11.3 Å². The maximum atomic E-state index is 12.1. The average molecular weight is 334 g/mol. The molecule has 6 nitrogen and oxygen atoms in total. The number of methoxy groups -OCH3 is 1. The van der Waals surface area contributed by atoms with Gasteiger partial charge in [-0.3, -0.25) is 5.32 Å². The highest BCUT2D eigenvalue weighted by Gasteiger charge is 2.14. The number of rotatable bonds is 6. The summed E-state index contributed by atoms with van der Waals surface area (Å²) in [4.78, 5) is 16.4. The molecule has 2 amide bonds. The van der Waals surface area contributed by atoms with Crippen LogP contribution in [-0.4, -0.2) is 18.1 Å². The number of nitrogens with one attached hydrogen (secondary N) is 2. The van der Waals surface area contributed by atoms with Gasteiger partial charge in [-0.1, -0.05) is 26.0 Å². The van der Waals surface area contributed by atoms with Crippen LogP contribution in [0.25, 0.3) is 0 Å². The van der Waals surface area contributed by atoms with Crippen molar-refractivity contribution < 1.29 is 9.53 Å². The molecule has 1 aromatic carbocycles. The fourth-order valence-electron chi connectivity index (χ4n) is 2.14. The van der Waals surface area contributed by atoms with Gasteiger partial charge in [-0.15, -0.1) is 11.3 Å². The molecule has 0 saturated carbocycles. The van der Waals surface area contributed by atoms with Crippen molar-refractivity contribution in [2.24, 2.45) is 11.7 Å². The minimum absolute atomic E-state index is 0.112. The van der Waals surface area contributed by atoms with Gasteiger partial charge in [-0.05, 0) is 24.5 Å². The molecule has 0 saturated heterocycles. The van der Waals surface area contributed by atoms with Crippen molar-refractivity contribution in [1.29, 1.82) is 0 Å². The smallest absolute Gasteiger partial charge is 0.325 e. The number of anilines is 2. The number of ether oxygens (including phenoxy) is 1. The van der Waals surface area contributed by atoms with Crippen molar-refractivity contribution in [2.75, 3.05) is 17.7 Å². The van der Waals surface area contributed by atoms with E-state index in [9.17, 15) is 4.79 Å². The lowest BCUT2D eigenvalue weighted by Crippen LogP contribution is -2.20. The first-order chi connectivity index (χ1) is 11.0. The summed E-state index contributed by atoms with van der Waals surface area (Å²) in [5.41, 5.74) is 7.50.